The highest BCUT2D eigenvalue weighted by Crippen LogP contribution is 2.41. The molecule has 1 atom stereocenters. The van der Waals surface area contributed by atoms with E-state index in [-0.39, 0.29) is 17.9 Å². The number of fused-ring (bicyclic) bond motifs is 1. The molecule has 0 aliphatic carbocycles. The number of ether oxygens (including phenoxy) is 3. The van der Waals surface area contributed by atoms with Crippen LogP contribution in [0.3, 0.4) is 0 Å². The predicted octanol–water partition coefficient (Wildman–Crippen LogP) is -0.0424. The molecule has 0 bridgehead atoms. The van der Waals surface area contributed by atoms with Gasteiger partial charge in [0.25, 0.3) is 0 Å². The molecule has 0 saturated carbocycles. The Kier molecular flexibility index (Phi) is 4.57. The molecule has 6 radical (unpaired) electrons. The van der Waals surface area contributed by atoms with Gasteiger partial charge in [-0.15, -0.1) is 0 Å². The van der Waals surface area contributed by atoms with E-state index in [0.29, 0.717) is 11.5 Å². The fourth-order valence-corrected chi connectivity index (χ4v) is 3.90. The minimum Gasteiger partial charge on any atom is -0.467 e. The molecule has 146 valence electrons. The summed E-state index contributed by atoms with van der Waals surface area (Å²) in [4.78, 5) is 12.9. The standard InChI is InChI=1S/C18H12B3NO7S/c19-17(11-6-7-12-13(8-11)27-9-26-12)15(23)14(16(22)28-17)29-30(24,25)18(20,21)10-4-2-1-3-5-10/h1-8H,9,22H2. The highest BCUT2D eigenvalue weighted by molar-refractivity contribution is 7.90. The molecule has 0 spiro atoms. The quantitative estimate of drug-likeness (QED) is 0.531. The lowest BCUT2D eigenvalue weighted by atomic mass is 9.65. The van der Waals surface area contributed by atoms with E-state index in [4.69, 9.17) is 47.7 Å². The van der Waals surface area contributed by atoms with Crippen molar-refractivity contribution in [3.05, 3.63) is 71.3 Å². The Morgan fingerprint density at radius 2 is 1.73 bits per heavy atom. The Bertz CT molecular complexity index is 1170. The molecule has 2 aromatic carbocycles. The minimum atomic E-state index is -4.79. The number of Topliss-reactive ketones (excluding diaryl/α,β-unsaturated/α-hetero) is 1. The van der Waals surface area contributed by atoms with Crippen LogP contribution >= 0.6 is 0 Å². The zero-order valence-electron chi connectivity index (χ0n) is 15.4. The molecule has 30 heavy (non-hydrogen) atoms. The number of hydrogen-bond acceptors (Lipinski definition) is 8. The van der Waals surface area contributed by atoms with Gasteiger partial charge in [0.2, 0.25) is 24.2 Å². The third kappa shape index (κ3) is 3.02. The Balaban J connectivity index is 1.64. The monoisotopic (exact) mass is 419 g/mol. The molecule has 2 N–H and O–H groups in total. The fraction of sp³-hybridized carbons (Fsp3) is 0.167. The van der Waals surface area contributed by atoms with Gasteiger partial charge in [-0.25, -0.2) is 0 Å². The number of ketones is 1. The van der Waals surface area contributed by atoms with Crippen molar-refractivity contribution in [3.8, 4) is 11.5 Å². The number of rotatable bonds is 5. The molecule has 0 saturated heterocycles. The Hall–Kier alpha value is -3.01. The van der Waals surface area contributed by atoms with Crippen LogP contribution in [-0.2, 0) is 33.9 Å². The van der Waals surface area contributed by atoms with Crippen molar-refractivity contribution in [2.24, 2.45) is 5.73 Å². The summed E-state index contributed by atoms with van der Waals surface area (Å²) in [5.41, 5.74) is 3.75. The number of benzene rings is 2. The summed E-state index contributed by atoms with van der Waals surface area (Å²) in [6.45, 7) is 0.00667. The molecule has 2 aliphatic heterocycles. The van der Waals surface area contributed by atoms with Crippen molar-refractivity contribution in [1.82, 2.24) is 0 Å². The fourth-order valence-electron chi connectivity index (χ4n) is 2.96. The SMILES string of the molecule is [B]C1(c2ccc3c(c2)OCO3)OC(N)=C(OS(=O)(=O)C([B])([B])c2ccccc2)C1=O. The normalized spacial score (nSPS) is 20.9. The summed E-state index contributed by atoms with van der Waals surface area (Å²) >= 11 is 0. The topological polar surface area (TPSA) is 114 Å². The van der Waals surface area contributed by atoms with Crippen LogP contribution in [0.5, 0.6) is 11.5 Å². The van der Waals surface area contributed by atoms with E-state index in [2.05, 4.69) is 0 Å². The Morgan fingerprint density at radius 3 is 2.43 bits per heavy atom. The van der Waals surface area contributed by atoms with Gasteiger partial charge in [0, 0.05) is 0 Å². The summed E-state index contributed by atoms with van der Waals surface area (Å²) in [6.07, 6.45) is 0. The summed E-state index contributed by atoms with van der Waals surface area (Å²) in [6, 6.07) is 11.9. The van der Waals surface area contributed by atoms with Gasteiger partial charge in [-0.3, -0.25) is 4.79 Å². The van der Waals surface area contributed by atoms with Crippen molar-refractivity contribution < 1.29 is 31.6 Å². The lowest BCUT2D eigenvalue weighted by Gasteiger charge is -2.26. The maximum absolute atomic E-state index is 12.9. The average Bonchev–Trinajstić information content (AvgIpc) is 3.27. The molecule has 12 heteroatoms. The first kappa shape index (κ1) is 20.3. The van der Waals surface area contributed by atoms with Crippen molar-refractivity contribution in [3.63, 3.8) is 0 Å². The van der Waals surface area contributed by atoms with Gasteiger partial charge < -0.3 is 24.1 Å². The van der Waals surface area contributed by atoms with Crippen LogP contribution in [0.2, 0.25) is 0 Å². The average molecular weight is 419 g/mol. The summed E-state index contributed by atoms with van der Waals surface area (Å²) in [5, 5.41) is 0. The van der Waals surface area contributed by atoms with Gasteiger partial charge >= 0.3 is 10.1 Å². The zero-order valence-corrected chi connectivity index (χ0v) is 16.2. The van der Waals surface area contributed by atoms with Crippen LogP contribution in [0.25, 0.3) is 0 Å². The van der Waals surface area contributed by atoms with E-state index in [0.717, 1.165) is 0 Å². The first-order valence-corrected chi connectivity index (χ1v) is 9.97. The number of carbonyl (C=O) groups is 1. The van der Waals surface area contributed by atoms with Crippen LogP contribution in [0.15, 0.2) is 60.2 Å². The van der Waals surface area contributed by atoms with Crippen molar-refractivity contribution in [1.29, 1.82) is 0 Å². The van der Waals surface area contributed by atoms with Crippen molar-refractivity contribution in [2.45, 2.75) is 10.0 Å². The zero-order chi connectivity index (χ0) is 21.7. The molecular formula is C18H12B3NO7S. The summed E-state index contributed by atoms with van der Waals surface area (Å²) in [5.74, 6) is -1.71. The van der Waals surface area contributed by atoms with Gasteiger partial charge in [0.05, 0.1) is 20.2 Å². The predicted molar refractivity (Wildman–Crippen MR) is 107 cm³/mol. The van der Waals surface area contributed by atoms with Crippen LogP contribution in [0.4, 0.5) is 0 Å². The molecule has 2 aliphatic rings. The van der Waals surface area contributed by atoms with Gasteiger partial charge in [0.15, 0.2) is 17.0 Å². The van der Waals surface area contributed by atoms with Crippen LogP contribution in [0.1, 0.15) is 11.1 Å². The highest BCUT2D eigenvalue weighted by Gasteiger charge is 2.50. The second-order valence-electron chi connectivity index (χ2n) is 6.62. The number of nitrogens with two attached hydrogens (primary N) is 1. The van der Waals surface area contributed by atoms with Crippen molar-refractivity contribution in [2.75, 3.05) is 6.79 Å². The van der Waals surface area contributed by atoms with E-state index < -0.39 is 37.6 Å². The third-order valence-corrected chi connectivity index (χ3v) is 6.12. The van der Waals surface area contributed by atoms with Gasteiger partial charge in [-0.05, 0) is 23.3 Å². The van der Waals surface area contributed by atoms with Gasteiger partial charge in [-0.2, -0.15) is 8.42 Å². The van der Waals surface area contributed by atoms with E-state index in [1.807, 2.05) is 0 Å². The maximum Gasteiger partial charge on any atom is 0.302 e. The second-order valence-corrected chi connectivity index (χ2v) is 8.38. The van der Waals surface area contributed by atoms with Gasteiger partial charge in [-0.1, -0.05) is 36.4 Å². The van der Waals surface area contributed by atoms with Crippen LogP contribution in [0, 0.1) is 0 Å². The van der Waals surface area contributed by atoms with E-state index in [9.17, 15) is 13.2 Å². The number of carbonyl (C=O) groups excluding carboxylic acids is 1. The molecule has 0 fully saturated rings. The first-order valence-electron chi connectivity index (χ1n) is 8.56. The second kappa shape index (κ2) is 6.77. The lowest BCUT2D eigenvalue weighted by molar-refractivity contribution is -0.126. The molecule has 0 aromatic heterocycles. The Labute approximate surface area is 176 Å². The van der Waals surface area contributed by atoms with Gasteiger partial charge in [0.1, 0.15) is 7.85 Å². The lowest BCUT2D eigenvalue weighted by Crippen LogP contribution is -2.40. The van der Waals surface area contributed by atoms with E-state index >= 15 is 0 Å². The molecule has 2 heterocycles. The molecule has 0 amide bonds. The van der Waals surface area contributed by atoms with Crippen molar-refractivity contribution >= 4 is 39.4 Å². The summed E-state index contributed by atoms with van der Waals surface area (Å²) in [7, 11) is 12.9. The molecule has 1 unspecified atom stereocenters. The highest BCUT2D eigenvalue weighted by atomic mass is 32.2. The van der Waals surface area contributed by atoms with Crippen LogP contribution < -0.4 is 15.2 Å². The molecule has 8 nitrogen and oxygen atoms in total. The minimum absolute atomic E-state index is 0.00667. The van der Waals surface area contributed by atoms with E-state index in [1.165, 1.54) is 30.3 Å². The molecular weight excluding hydrogens is 407 g/mol. The largest absolute Gasteiger partial charge is 0.467 e. The maximum atomic E-state index is 12.9. The molecule has 2 aromatic rings. The third-order valence-electron chi connectivity index (χ3n) is 4.67. The summed E-state index contributed by atoms with van der Waals surface area (Å²) < 4.78 is 43.7. The first-order chi connectivity index (χ1) is 14.1. The van der Waals surface area contributed by atoms with Crippen LogP contribution in [-0.4, -0.2) is 44.5 Å². The Morgan fingerprint density at radius 1 is 1.07 bits per heavy atom. The smallest absolute Gasteiger partial charge is 0.302 e. The number of hydrogen-bond donors (Lipinski definition) is 1. The van der Waals surface area contributed by atoms with E-state index in [1.54, 1.807) is 18.2 Å². The molecule has 4 rings (SSSR count).